The highest BCUT2D eigenvalue weighted by Crippen LogP contribution is 2.31. The highest BCUT2D eigenvalue weighted by atomic mass is 33.1. The van der Waals surface area contributed by atoms with E-state index in [9.17, 15) is 16.8 Å². The molecule has 0 aromatic heterocycles. The molecule has 0 rings (SSSR count). The number of sulfonamides is 2. The van der Waals surface area contributed by atoms with E-state index in [1.165, 1.54) is 14.1 Å². The third-order valence-corrected chi connectivity index (χ3v) is 9.77. The lowest BCUT2D eigenvalue weighted by Crippen LogP contribution is -2.25. The van der Waals surface area contributed by atoms with E-state index in [0.717, 1.165) is 29.4 Å². The molecular formula is C8H20N2O4S4. The molecule has 10 heteroatoms. The van der Waals surface area contributed by atoms with Crippen molar-refractivity contribution >= 4 is 42.0 Å². The van der Waals surface area contributed by atoms with Gasteiger partial charge in [-0.2, -0.15) is 0 Å². The van der Waals surface area contributed by atoms with Gasteiger partial charge in [0.15, 0.2) is 0 Å². The predicted octanol–water partition coefficient (Wildman–Crippen LogP) is 1.54. The molecule has 0 aromatic rings. The van der Waals surface area contributed by atoms with Crippen LogP contribution in [0.3, 0.4) is 0 Å². The van der Waals surface area contributed by atoms with Crippen molar-refractivity contribution in [3.05, 3.63) is 0 Å². The highest BCUT2D eigenvalue weighted by molar-refractivity contribution is 8.76. The van der Waals surface area contributed by atoms with Gasteiger partial charge in [-0.15, -0.1) is 7.42 Å². The van der Waals surface area contributed by atoms with Crippen molar-refractivity contribution < 1.29 is 16.8 Å². The summed E-state index contributed by atoms with van der Waals surface area (Å²) in [6, 6.07) is 0. The maximum Gasteiger partial charge on any atom is 0.223 e. The second kappa shape index (κ2) is 7.95. The fraction of sp³-hybridized carbons (Fsp3) is 1.00. The molecule has 0 radical (unpaired) electrons. The predicted molar refractivity (Wildman–Crippen MR) is 78.9 cm³/mol. The van der Waals surface area contributed by atoms with Crippen LogP contribution in [0.4, 0.5) is 0 Å². The molecule has 0 aromatic carbocycles. The lowest BCUT2D eigenvalue weighted by atomic mass is 10.6. The van der Waals surface area contributed by atoms with Gasteiger partial charge in [0.1, 0.15) is 0 Å². The average Bonchev–Trinajstić information content (AvgIpc) is 2.24. The Morgan fingerprint density at radius 3 is 1.28 bits per heavy atom. The third-order valence-electron chi connectivity index (χ3n) is 1.95. The van der Waals surface area contributed by atoms with Gasteiger partial charge < -0.3 is 0 Å². The molecule has 0 heterocycles. The van der Waals surface area contributed by atoms with Crippen LogP contribution in [0.25, 0.3) is 0 Å². The lowest BCUT2D eigenvalue weighted by Gasteiger charge is -2.19. The zero-order valence-electron chi connectivity index (χ0n) is 11.0. The smallest absolute Gasteiger partial charge is 0.211 e. The number of nitrogens with zero attached hydrogens (tertiary/aromatic N) is 2. The Kier molecular flexibility index (Phi) is 8.18. The molecule has 0 unspecified atom stereocenters. The molecule has 0 N–H and O–H groups in total. The van der Waals surface area contributed by atoms with E-state index < -0.39 is 20.0 Å². The van der Waals surface area contributed by atoms with Crippen LogP contribution in [-0.2, 0) is 20.0 Å². The molecule has 6 nitrogen and oxygen atoms in total. The van der Waals surface area contributed by atoms with Crippen molar-refractivity contribution in [3.63, 3.8) is 0 Å². The fourth-order valence-electron chi connectivity index (χ4n) is 0.960. The molecule has 0 aliphatic carbocycles. The van der Waals surface area contributed by atoms with Crippen molar-refractivity contribution in [2.45, 2.75) is 26.7 Å². The highest BCUT2D eigenvalue weighted by Gasteiger charge is 2.22. The molecule has 0 spiro atoms. The average molecular weight is 337 g/mol. The van der Waals surface area contributed by atoms with Crippen molar-refractivity contribution in [2.75, 3.05) is 25.6 Å². The van der Waals surface area contributed by atoms with E-state index >= 15 is 0 Å². The Bertz CT molecular complexity index is 392. The van der Waals surface area contributed by atoms with Crippen LogP contribution >= 0.6 is 22.0 Å². The second-order valence-electron chi connectivity index (χ2n) is 3.60. The Balaban J connectivity index is 4.43. The summed E-state index contributed by atoms with van der Waals surface area (Å²) < 4.78 is 48.8. The van der Waals surface area contributed by atoms with Gasteiger partial charge in [0.25, 0.3) is 0 Å². The summed E-state index contributed by atoms with van der Waals surface area (Å²) in [5, 5.41) is 0. The van der Waals surface area contributed by atoms with Gasteiger partial charge in [0.2, 0.25) is 20.0 Å². The molecule has 0 bridgehead atoms. The normalized spacial score (nSPS) is 13.4. The van der Waals surface area contributed by atoms with E-state index in [1.54, 1.807) is 13.8 Å². The van der Waals surface area contributed by atoms with Gasteiger partial charge in [-0.25, -0.2) is 16.8 Å². The standard InChI is InChI=1S/C8H20N2O4S4/c1-5-7-17(11,12)9(3)15-16-10(4)18(13,14)8-6-2/h5-8H2,1-4H3. The molecule has 0 amide bonds. The van der Waals surface area contributed by atoms with Crippen LogP contribution < -0.4 is 0 Å². The summed E-state index contributed by atoms with van der Waals surface area (Å²) in [7, 11) is -1.99. The lowest BCUT2D eigenvalue weighted by molar-refractivity contribution is 0.560. The summed E-state index contributed by atoms with van der Waals surface area (Å²) in [4.78, 5) is 0. The van der Waals surface area contributed by atoms with Gasteiger partial charge in [-0.05, 0) is 12.8 Å². The van der Waals surface area contributed by atoms with Crippen molar-refractivity contribution in [1.29, 1.82) is 0 Å². The van der Waals surface area contributed by atoms with Gasteiger partial charge in [0, 0.05) is 36.1 Å². The summed E-state index contributed by atoms with van der Waals surface area (Å²) in [5.74, 6) is 0.116. The first kappa shape index (κ1) is 18.5. The topological polar surface area (TPSA) is 74.8 Å². The Morgan fingerprint density at radius 2 is 1.06 bits per heavy atom. The molecule has 18 heavy (non-hydrogen) atoms. The Hall–Kier alpha value is 0.520. The minimum absolute atomic E-state index is 0.0580. The Morgan fingerprint density at radius 1 is 0.778 bits per heavy atom. The van der Waals surface area contributed by atoms with Crippen molar-refractivity contribution in [3.8, 4) is 0 Å². The summed E-state index contributed by atoms with van der Waals surface area (Å²) in [6.07, 6.45) is 1.06. The number of hydrogen-bond acceptors (Lipinski definition) is 6. The number of rotatable bonds is 9. The first-order valence-corrected chi connectivity index (χ1v) is 10.7. The second-order valence-corrected chi connectivity index (χ2v) is 10.6. The first-order chi connectivity index (χ1) is 8.17. The maximum atomic E-state index is 11.6. The van der Waals surface area contributed by atoms with Crippen molar-refractivity contribution in [2.24, 2.45) is 0 Å². The third kappa shape index (κ3) is 6.11. The van der Waals surface area contributed by atoms with E-state index in [0.29, 0.717) is 12.8 Å². The first-order valence-electron chi connectivity index (χ1n) is 5.45. The van der Waals surface area contributed by atoms with Crippen LogP contribution in [-0.4, -0.2) is 49.9 Å². The van der Waals surface area contributed by atoms with Gasteiger partial charge in [-0.3, -0.25) is 0 Å². The van der Waals surface area contributed by atoms with Crippen LogP contribution in [0.2, 0.25) is 0 Å². The minimum atomic E-state index is -3.31. The van der Waals surface area contributed by atoms with Gasteiger partial charge >= 0.3 is 0 Å². The van der Waals surface area contributed by atoms with Crippen LogP contribution in [0.5, 0.6) is 0 Å². The minimum Gasteiger partial charge on any atom is -0.211 e. The molecule has 0 fully saturated rings. The summed E-state index contributed by atoms with van der Waals surface area (Å²) >= 11 is 0. The summed E-state index contributed by atoms with van der Waals surface area (Å²) in [6.45, 7) is 3.56. The van der Waals surface area contributed by atoms with Crippen LogP contribution in [0, 0.1) is 0 Å². The monoisotopic (exact) mass is 336 g/mol. The van der Waals surface area contributed by atoms with E-state index in [4.69, 9.17) is 0 Å². The van der Waals surface area contributed by atoms with Gasteiger partial charge in [-0.1, -0.05) is 13.8 Å². The van der Waals surface area contributed by atoms with Gasteiger partial charge in [0.05, 0.1) is 11.5 Å². The zero-order valence-corrected chi connectivity index (χ0v) is 14.3. The van der Waals surface area contributed by atoms with E-state index in [1.807, 2.05) is 0 Å². The largest absolute Gasteiger partial charge is 0.223 e. The molecule has 0 saturated heterocycles. The quantitative estimate of drug-likeness (QED) is 0.470. The number of hydrogen-bond donors (Lipinski definition) is 0. The molecule has 0 aliphatic heterocycles. The maximum absolute atomic E-state index is 11.6. The molecule has 0 atom stereocenters. The van der Waals surface area contributed by atoms with E-state index in [-0.39, 0.29) is 11.5 Å². The van der Waals surface area contributed by atoms with Crippen LogP contribution in [0.1, 0.15) is 26.7 Å². The molecule has 0 aliphatic rings. The molecule has 0 saturated carbocycles. The molecular weight excluding hydrogens is 316 g/mol. The molecule has 110 valence electrons. The SMILES string of the molecule is CCCS(=O)(=O)N(C)SSN(C)S(=O)(=O)CCC. The fourth-order valence-corrected chi connectivity index (χ4v) is 6.60. The van der Waals surface area contributed by atoms with Crippen LogP contribution in [0.15, 0.2) is 0 Å². The van der Waals surface area contributed by atoms with E-state index in [2.05, 4.69) is 0 Å². The van der Waals surface area contributed by atoms with Crippen molar-refractivity contribution in [1.82, 2.24) is 7.42 Å². The Labute approximate surface area is 118 Å². The zero-order chi connectivity index (χ0) is 14.4. The summed E-state index contributed by atoms with van der Waals surface area (Å²) in [5.41, 5.74) is 0.